The van der Waals surface area contributed by atoms with Gasteiger partial charge in [0.05, 0.1) is 17.1 Å². The SMILES string of the molecule is Cc1cc(Cl)c2c(c1)N(CCC(=O)O)C(=O)[C@@H](C(C)C)O2. The number of hydrogen-bond donors (Lipinski definition) is 1. The van der Waals surface area contributed by atoms with Gasteiger partial charge in [-0.15, -0.1) is 0 Å². The standard InChI is InChI=1S/C15H18ClNO4/c1-8(2)13-15(20)17(5-4-12(18)19)11-7-9(3)6-10(16)14(11)21-13/h6-8,13H,4-5H2,1-3H3,(H,18,19)/t13-/m1/s1. The van der Waals surface area contributed by atoms with Crippen LogP contribution in [0.25, 0.3) is 0 Å². The number of halogens is 1. The van der Waals surface area contributed by atoms with E-state index in [4.69, 9.17) is 21.4 Å². The average molecular weight is 312 g/mol. The fraction of sp³-hybridized carbons (Fsp3) is 0.467. The largest absolute Gasteiger partial charge is 0.481 e. The van der Waals surface area contributed by atoms with Crippen LogP contribution in [0, 0.1) is 12.8 Å². The maximum atomic E-state index is 12.5. The van der Waals surface area contributed by atoms with Gasteiger partial charge >= 0.3 is 5.97 Å². The lowest BCUT2D eigenvalue weighted by atomic mass is 10.0. The Hall–Kier alpha value is -1.75. The van der Waals surface area contributed by atoms with Gasteiger partial charge in [0.25, 0.3) is 5.91 Å². The molecule has 21 heavy (non-hydrogen) atoms. The Kier molecular flexibility index (Phi) is 4.42. The van der Waals surface area contributed by atoms with Crippen molar-refractivity contribution in [1.29, 1.82) is 0 Å². The van der Waals surface area contributed by atoms with Gasteiger partial charge < -0.3 is 14.7 Å². The van der Waals surface area contributed by atoms with E-state index in [1.807, 2.05) is 20.8 Å². The van der Waals surface area contributed by atoms with Crippen molar-refractivity contribution in [3.8, 4) is 5.75 Å². The smallest absolute Gasteiger partial charge is 0.305 e. The summed E-state index contributed by atoms with van der Waals surface area (Å²) in [4.78, 5) is 24.8. The van der Waals surface area contributed by atoms with Crippen LogP contribution in [0.3, 0.4) is 0 Å². The topological polar surface area (TPSA) is 66.8 Å². The molecule has 1 heterocycles. The zero-order chi connectivity index (χ0) is 15.7. The molecule has 1 N–H and O–H groups in total. The molecular formula is C15H18ClNO4. The van der Waals surface area contributed by atoms with E-state index in [-0.39, 0.29) is 24.8 Å². The predicted molar refractivity (Wildman–Crippen MR) is 80.0 cm³/mol. The van der Waals surface area contributed by atoms with E-state index in [0.717, 1.165) is 5.56 Å². The number of carboxylic acid groups (broad SMARTS) is 1. The number of ether oxygens (including phenoxy) is 1. The zero-order valence-electron chi connectivity index (χ0n) is 12.2. The third-order valence-corrected chi connectivity index (χ3v) is 3.65. The second-order valence-electron chi connectivity index (χ2n) is 5.51. The molecule has 5 nitrogen and oxygen atoms in total. The molecule has 0 spiro atoms. The summed E-state index contributed by atoms with van der Waals surface area (Å²) in [5.74, 6) is -0.752. The number of rotatable bonds is 4. The monoisotopic (exact) mass is 311 g/mol. The fourth-order valence-electron chi connectivity index (χ4n) is 2.34. The molecule has 2 rings (SSSR count). The first kappa shape index (κ1) is 15.6. The molecule has 1 atom stereocenters. The van der Waals surface area contributed by atoms with Gasteiger partial charge in [-0.25, -0.2) is 0 Å². The molecule has 0 radical (unpaired) electrons. The highest BCUT2D eigenvalue weighted by Gasteiger charge is 2.37. The van der Waals surface area contributed by atoms with Crippen LogP contribution >= 0.6 is 11.6 Å². The molecule has 0 saturated heterocycles. The van der Waals surface area contributed by atoms with E-state index in [9.17, 15) is 9.59 Å². The van der Waals surface area contributed by atoms with Crippen molar-refractivity contribution in [2.24, 2.45) is 5.92 Å². The minimum atomic E-state index is -0.948. The van der Waals surface area contributed by atoms with Crippen LogP contribution in [0.1, 0.15) is 25.8 Å². The minimum Gasteiger partial charge on any atom is -0.481 e. The first-order valence-corrected chi connectivity index (χ1v) is 7.19. The van der Waals surface area contributed by atoms with Gasteiger partial charge in [0.2, 0.25) is 0 Å². The molecule has 0 aromatic heterocycles. The number of benzene rings is 1. The number of nitrogens with zero attached hydrogens (tertiary/aromatic N) is 1. The van der Waals surface area contributed by atoms with Crippen molar-refractivity contribution in [2.75, 3.05) is 11.4 Å². The molecule has 0 aliphatic carbocycles. The molecule has 1 aliphatic rings. The molecule has 114 valence electrons. The number of aliphatic carboxylic acids is 1. The molecule has 1 aromatic carbocycles. The van der Waals surface area contributed by atoms with Crippen LogP contribution in [0.15, 0.2) is 12.1 Å². The molecule has 0 saturated carbocycles. The number of carboxylic acids is 1. The highest BCUT2D eigenvalue weighted by molar-refractivity contribution is 6.33. The predicted octanol–water partition coefficient (Wildman–Crippen LogP) is 2.87. The Labute approximate surface area is 128 Å². The van der Waals surface area contributed by atoms with Gasteiger partial charge in [0.15, 0.2) is 11.9 Å². The summed E-state index contributed by atoms with van der Waals surface area (Å²) < 4.78 is 5.76. The van der Waals surface area contributed by atoms with Crippen LogP contribution < -0.4 is 9.64 Å². The molecular weight excluding hydrogens is 294 g/mol. The van der Waals surface area contributed by atoms with Crippen molar-refractivity contribution in [2.45, 2.75) is 33.3 Å². The number of amides is 1. The number of fused-ring (bicyclic) bond motifs is 1. The molecule has 0 fully saturated rings. The molecule has 0 unspecified atom stereocenters. The van der Waals surface area contributed by atoms with Crippen molar-refractivity contribution in [3.05, 3.63) is 22.7 Å². The summed E-state index contributed by atoms with van der Waals surface area (Å²) in [6.45, 7) is 5.73. The molecule has 0 bridgehead atoms. The molecule has 1 amide bonds. The van der Waals surface area contributed by atoms with Crippen molar-refractivity contribution in [1.82, 2.24) is 0 Å². The number of carbonyl (C=O) groups excluding carboxylic acids is 1. The second kappa shape index (κ2) is 5.93. The number of aryl methyl sites for hydroxylation is 1. The third-order valence-electron chi connectivity index (χ3n) is 3.37. The first-order valence-electron chi connectivity index (χ1n) is 6.81. The lowest BCUT2D eigenvalue weighted by molar-refractivity contribution is -0.136. The number of hydrogen-bond acceptors (Lipinski definition) is 3. The van der Waals surface area contributed by atoms with Crippen molar-refractivity contribution in [3.63, 3.8) is 0 Å². The highest BCUT2D eigenvalue weighted by atomic mass is 35.5. The maximum Gasteiger partial charge on any atom is 0.305 e. The maximum absolute atomic E-state index is 12.5. The quantitative estimate of drug-likeness (QED) is 0.928. The van der Waals surface area contributed by atoms with Crippen LogP contribution in [0.4, 0.5) is 5.69 Å². The molecule has 6 heteroatoms. The summed E-state index contributed by atoms with van der Waals surface area (Å²) in [5, 5.41) is 9.30. The van der Waals surface area contributed by atoms with Gasteiger partial charge in [-0.1, -0.05) is 25.4 Å². The zero-order valence-corrected chi connectivity index (χ0v) is 13.0. The Morgan fingerprint density at radius 3 is 2.71 bits per heavy atom. The third kappa shape index (κ3) is 3.13. The first-order chi connectivity index (χ1) is 9.81. The summed E-state index contributed by atoms with van der Waals surface area (Å²) in [5.41, 5.74) is 1.43. The van der Waals surface area contributed by atoms with E-state index >= 15 is 0 Å². The molecule has 1 aliphatic heterocycles. The summed E-state index contributed by atoms with van der Waals surface area (Å²) >= 11 is 6.21. The summed E-state index contributed by atoms with van der Waals surface area (Å²) in [6, 6.07) is 3.56. The van der Waals surface area contributed by atoms with E-state index in [1.165, 1.54) is 4.90 Å². The highest BCUT2D eigenvalue weighted by Crippen LogP contribution is 2.42. The number of carbonyl (C=O) groups is 2. The van der Waals surface area contributed by atoms with E-state index < -0.39 is 12.1 Å². The van der Waals surface area contributed by atoms with Crippen LogP contribution in [0.5, 0.6) is 5.75 Å². The Bertz CT molecular complexity index is 585. The van der Waals surface area contributed by atoms with Gasteiger partial charge in [0.1, 0.15) is 0 Å². The van der Waals surface area contributed by atoms with Gasteiger partial charge in [0, 0.05) is 6.54 Å². The van der Waals surface area contributed by atoms with Crippen LogP contribution in [0.2, 0.25) is 5.02 Å². The van der Waals surface area contributed by atoms with Crippen molar-refractivity contribution >= 4 is 29.2 Å². The van der Waals surface area contributed by atoms with Crippen LogP contribution in [-0.4, -0.2) is 29.6 Å². The Morgan fingerprint density at radius 1 is 1.48 bits per heavy atom. The molecule has 1 aromatic rings. The Balaban J connectivity index is 2.46. The van der Waals surface area contributed by atoms with Gasteiger partial charge in [-0.05, 0) is 30.5 Å². The van der Waals surface area contributed by atoms with E-state index in [2.05, 4.69) is 0 Å². The minimum absolute atomic E-state index is 0.0321. The van der Waals surface area contributed by atoms with E-state index in [1.54, 1.807) is 12.1 Å². The lowest BCUT2D eigenvalue weighted by Gasteiger charge is -2.36. The summed E-state index contributed by atoms with van der Waals surface area (Å²) in [7, 11) is 0. The summed E-state index contributed by atoms with van der Waals surface area (Å²) in [6.07, 6.45) is -0.770. The van der Waals surface area contributed by atoms with E-state index in [0.29, 0.717) is 16.5 Å². The van der Waals surface area contributed by atoms with Gasteiger partial charge in [-0.3, -0.25) is 9.59 Å². The second-order valence-corrected chi connectivity index (χ2v) is 5.92. The van der Waals surface area contributed by atoms with Crippen molar-refractivity contribution < 1.29 is 19.4 Å². The van der Waals surface area contributed by atoms with Gasteiger partial charge in [-0.2, -0.15) is 0 Å². The fourth-order valence-corrected chi connectivity index (χ4v) is 2.65. The average Bonchev–Trinajstić information content (AvgIpc) is 2.36. The number of anilines is 1. The van der Waals surface area contributed by atoms with Crippen LogP contribution in [-0.2, 0) is 9.59 Å². The normalized spacial score (nSPS) is 17.7. The Morgan fingerprint density at radius 2 is 2.14 bits per heavy atom. The lowest BCUT2D eigenvalue weighted by Crippen LogP contribution is -2.49.